The maximum absolute atomic E-state index is 11.3. The van der Waals surface area contributed by atoms with Gasteiger partial charge in [0.15, 0.2) is 0 Å². The lowest BCUT2D eigenvalue weighted by Gasteiger charge is -2.26. The van der Waals surface area contributed by atoms with Crippen LogP contribution in [-0.2, 0) is 9.53 Å². The first kappa shape index (κ1) is 11.8. The number of hydrogen-bond acceptors (Lipinski definition) is 3. The molecule has 0 aliphatic carbocycles. The molecule has 86 valence electrons. The third-order valence-electron chi connectivity index (χ3n) is 2.13. The minimum atomic E-state index is -0.164. The van der Waals surface area contributed by atoms with Gasteiger partial charge < -0.3 is 20.3 Å². The summed E-state index contributed by atoms with van der Waals surface area (Å²) in [5, 5.41) is 5.35. The second-order valence-corrected chi connectivity index (χ2v) is 3.35. The number of methoxy groups -OCH3 is 1. The van der Waals surface area contributed by atoms with E-state index in [2.05, 4.69) is 10.6 Å². The molecule has 1 heterocycles. The van der Waals surface area contributed by atoms with Gasteiger partial charge in [0.1, 0.15) is 6.54 Å². The SMILES string of the molecule is COCCNC(=O)CN1CCCNC1=O. The van der Waals surface area contributed by atoms with Crippen molar-refractivity contribution >= 4 is 11.9 Å². The number of nitrogens with zero attached hydrogens (tertiary/aromatic N) is 1. The fourth-order valence-electron chi connectivity index (χ4n) is 1.35. The fourth-order valence-corrected chi connectivity index (χ4v) is 1.35. The van der Waals surface area contributed by atoms with Gasteiger partial charge in [0.05, 0.1) is 6.61 Å². The molecule has 0 spiro atoms. The minimum absolute atomic E-state index is 0.121. The molecule has 0 aromatic heterocycles. The Morgan fingerprint density at radius 2 is 2.47 bits per heavy atom. The number of carbonyl (C=O) groups is 2. The monoisotopic (exact) mass is 215 g/mol. The number of ether oxygens (including phenoxy) is 1. The molecular formula is C9H17N3O3. The average molecular weight is 215 g/mol. The van der Waals surface area contributed by atoms with Gasteiger partial charge in [-0.1, -0.05) is 0 Å². The van der Waals surface area contributed by atoms with Gasteiger partial charge in [0.25, 0.3) is 0 Å². The van der Waals surface area contributed by atoms with E-state index in [4.69, 9.17) is 4.74 Å². The van der Waals surface area contributed by atoms with Crippen molar-refractivity contribution in [3.8, 4) is 0 Å². The van der Waals surface area contributed by atoms with Crippen molar-refractivity contribution in [1.82, 2.24) is 15.5 Å². The second-order valence-electron chi connectivity index (χ2n) is 3.35. The minimum Gasteiger partial charge on any atom is -0.383 e. The van der Waals surface area contributed by atoms with Gasteiger partial charge in [-0.25, -0.2) is 4.79 Å². The van der Waals surface area contributed by atoms with Crippen LogP contribution in [0.1, 0.15) is 6.42 Å². The van der Waals surface area contributed by atoms with Gasteiger partial charge in [-0.05, 0) is 6.42 Å². The summed E-state index contributed by atoms with van der Waals surface area (Å²) in [6.45, 7) is 2.42. The number of hydrogen-bond donors (Lipinski definition) is 2. The van der Waals surface area contributed by atoms with Crippen LogP contribution < -0.4 is 10.6 Å². The van der Waals surface area contributed by atoms with Crippen LogP contribution in [0, 0.1) is 0 Å². The van der Waals surface area contributed by atoms with Crippen molar-refractivity contribution < 1.29 is 14.3 Å². The molecule has 15 heavy (non-hydrogen) atoms. The molecule has 0 atom stereocenters. The van der Waals surface area contributed by atoms with Crippen molar-refractivity contribution in [2.45, 2.75) is 6.42 Å². The van der Waals surface area contributed by atoms with Crippen LogP contribution in [0.15, 0.2) is 0 Å². The first-order valence-electron chi connectivity index (χ1n) is 5.02. The molecule has 6 nitrogen and oxygen atoms in total. The van der Waals surface area contributed by atoms with Crippen LogP contribution in [-0.4, -0.2) is 56.7 Å². The Morgan fingerprint density at radius 3 is 3.13 bits per heavy atom. The summed E-state index contributed by atoms with van der Waals surface area (Å²) in [5.41, 5.74) is 0. The molecule has 1 aliphatic rings. The van der Waals surface area contributed by atoms with E-state index < -0.39 is 0 Å². The molecular weight excluding hydrogens is 198 g/mol. The standard InChI is InChI=1S/C9H17N3O3/c1-15-6-4-10-8(13)7-12-5-2-3-11-9(12)14/h2-7H2,1H3,(H,10,13)(H,11,14). The molecule has 3 amide bonds. The molecule has 0 radical (unpaired) electrons. The zero-order chi connectivity index (χ0) is 11.1. The molecule has 0 bridgehead atoms. The van der Waals surface area contributed by atoms with E-state index in [1.54, 1.807) is 7.11 Å². The van der Waals surface area contributed by atoms with E-state index in [-0.39, 0.29) is 18.5 Å². The Kier molecular flexibility index (Phi) is 4.89. The van der Waals surface area contributed by atoms with Gasteiger partial charge in [-0.2, -0.15) is 0 Å². The summed E-state index contributed by atoms with van der Waals surface area (Å²) >= 11 is 0. The van der Waals surface area contributed by atoms with Crippen molar-refractivity contribution in [3.05, 3.63) is 0 Å². The van der Waals surface area contributed by atoms with Gasteiger partial charge in [-0.15, -0.1) is 0 Å². The Hall–Kier alpha value is -1.30. The van der Waals surface area contributed by atoms with Gasteiger partial charge in [0, 0.05) is 26.7 Å². The lowest BCUT2D eigenvalue weighted by atomic mass is 10.3. The summed E-state index contributed by atoms with van der Waals surface area (Å²) in [7, 11) is 1.57. The topological polar surface area (TPSA) is 70.7 Å². The second kappa shape index (κ2) is 6.23. The maximum Gasteiger partial charge on any atom is 0.317 e. The van der Waals surface area contributed by atoms with Crippen LogP contribution in [0.5, 0.6) is 0 Å². The highest BCUT2D eigenvalue weighted by Crippen LogP contribution is 1.97. The zero-order valence-electron chi connectivity index (χ0n) is 8.91. The first-order chi connectivity index (χ1) is 7.24. The highest BCUT2D eigenvalue weighted by Gasteiger charge is 2.19. The summed E-state index contributed by atoms with van der Waals surface area (Å²) in [6, 6.07) is -0.164. The molecule has 1 aliphatic heterocycles. The number of rotatable bonds is 5. The molecule has 0 aromatic rings. The predicted molar refractivity (Wildman–Crippen MR) is 54.5 cm³/mol. The van der Waals surface area contributed by atoms with Crippen LogP contribution in [0.25, 0.3) is 0 Å². The number of nitrogens with one attached hydrogen (secondary N) is 2. The fraction of sp³-hybridized carbons (Fsp3) is 0.778. The van der Waals surface area contributed by atoms with E-state index in [0.29, 0.717) is 26.2 Å². The molecule has 0 saturated carbocycles. The van der Waals surface area contributed by atoms with E-state index in [0.717, 1.165) is 6.42 Å². The third-order valence-corrected chi connectivity index (χ3v) is 2.13. The zero-order valence-corrected chi connectivity index (χ0v) is 8.91. The lowest BCUT2D eigenvalue weighted by molar-refractivity contribution is -0.121. The molecule has 1 saturated heterocycles. The van der Waals surface area contributed by atoms with Crippen molar-refractivity contribution in [2.24, 2.45) is 0 Å². The average Bonchev–Trinajstić information content (AvgIpc) is 2.22. The van der Waals surface area contributed by atoms with E-state index in [1.165, 1.54) is 4.90 Å². The normalized spacial score (nSPS) is 16.1. The highest BCUT2D eigenvalue weighted by atomic mass is 16.5. The summed E-state index contributed by atoms with van der Waals surface area (Å²) < 4.78 is 4.80. The van der Waals surface area contributed by atoms with Gasteiger partial charge >= 0.3 is 6.03 Å². The third kappa shape index (κ3) is 4.16. The Labute approximate surface area is 88.9 Å². The number of carbonyl (C=O) groups excluding carboxylic acids is 2. The number of amides is 3. The molecule has 0 unspecified atom stereocenters. The van der Waals surface area contributed by atoms with E-state index in [9.17, 15) is 9.59 Å². The molecule has 2 N–H and O–H groups in total. The Balaban J connectivity index is 2.21. The smallest absolute Gasteiger partial charge is 0.317 e. The maximum atomic E-state index is 11.3. The lowest BCUT2D eigenvalue weighted by Crippen LogP contribution is -2.50. The molecule has 6 heteroatoms. The predicted octanol–water partition coefficient (Wildman–Crippen LogP) is -0.836. The largest absolute Gasteiger partial charge is 0.383 e. The van der Waals surface area contributed by atoms with Crippen LogP contribution >= 0.6 is 0 Å². The summed E-state index contributed by atoms with van der Waals surface area (Å²) in [4.78, 5) is 24.1. The van der Waals surface area contributed by atoms with E-state index >= 15 is 0 Å². The van der Waals surface area contributed by atoms with Gasteiger partial charge in [-0.3, -0.25) is 4.79 Å². The molecule has 1 fully saturated rings. The summed E-state index contributed by atoms with van der Waals surface area (Å²) in [6.07, 6.45) is 0.886. The van der Waals surface area contributed by atoms with Crippen molar-refractivity contribution in [3.63, 3.8) is 0 Å². The van der Waals surface area contributed by atoms with Crippen LogP contribution in [0.2, 0.25) is 0 Å². The molecule has 0 aromatic carbocycles. The summed E-state index contributed by atoms with van der Waals surface area (Å²) in [5.74, 6) is -0.149. The number of urea groups is 1. The molecule has 1 rings (SSSR count). The highest BCUT2D eigenvalue weighted by molar-refractivity contribution is 5.84. The van der Waals surface area contributed by atoms with Crippen LogP contribution in [0.3, 0.4) is 0 Å². The quantitative estimate of drug-likeness (QED) is 0.588. The first-order valence-corrected chi connectivity index (χ1v) is 5.02. The Bertz CT molecular complexity index is 233. The Morgan fingerprint density at radius 1 is 1.67 bits per heavy atom. The van der Waals surface area contributed by atoms with Crippen molar-refractivity contribution in [2.75, 3.05) is 39.9 Å². The van der Waals surface area contributed by atoms with Crippen LogP contribution in [0.4, 0.5) is 4.79 Å². The van der Waals surface area contributed by atoms with Gasteiger partial charge in [0.2, 0.25) is 5.91 Å². The van der Waals surface area contributed by atoms with E-state index in [1.807, 2.05) is 0 Å². The van der Waals surface area contributed by atoms with Crippen molar-refractivity contribution in [1.29, 1.82) is 0 Å².